The third-order valence-corrected chi connectivity index (χ3v) is 2.36. The summed E-state index contributed by atoms with van der Waals surface area (Å²) in [4.78, 5) is 15.6. The third kappa shape index (κ3) is 2.01. The molecular formula is C8H6BrN5O2. The lowest BCUT2D eigenvalue weighted by Gasteiger charge is -2.03. The minimum absolute atomic E-state index is 0.0652. The second-order valence-corrected chi connectivity index (χ2v) is 3.64. The second kappa shape index (κ2) is 4.27. The molecule has 16 heavy (non-hydrogen) atoms. The summed E-state index contributed by atoms with van der Waals surface area (Å²) >= 11 is 3.24. The van der Waals surface area contributed by atoms with Crippen LogP contribution in [0.3, 0.4) is 0 Å². The molecule has 0 saturated heterocycles. The molecule has 0 radical (unpaired) electrons. The molecule has 1 amide bonds. The Morgan fingerprint density at radius 2 is 2.31 bits per heavy atom. The van der Waals surface area contributed by atoms with Crippen molar-refractivity contribution < 1.29 is 9.42 Å². The van der Waals surface area contributed by atoms with Crippen LogP contribution in [0.25, 0.3) is 0 Å². The SMILES string of the molecule is Nc1nonc1C(=O)Nc1ncccc1Br. The number of aromatic nitrogens is 3. The molecule has 0 aromatic carbocycles. The molecule has 82 valence electrons. The van der Waals surface area contributed by atoms with Crippen LogP contribution in [0.4, 0.5) is 11.6 Å². The van der Waals surface area contributed by atoms with Gasteiger partial charge < -0.3 is 11.1 Å². The van der Waals surface area contributed by atoms with Gasteiger partial charge in [-0.3, -0.25) is 4.79 Å². The van der Waals surface area contributed by atoms with E-state index in [1.54, 1.807) is 18.3 Å². The maximum Gasteiger partial charge on any atom is 0.283 e. The molecule has 0 fully saturated rings. The van der Waals surface area contributed by atoms with Gasteiger partial charge in [-0.25, -0.2) is 9.61 Å². The van der Waals surface area contributed by atoms with Gasteiger partial charge in [0.25, 0.3) is 5.91 Å². The highest BCUT2D eigenvalue weighted by Gasteiger charge is 2.17. The van der Waals surface area contributed by atoms with Crippen LogP contribution in [-0.2, 0) is 0 Å². The zero-order valence-corrected chi connectivity index (χ0v) is 9.43. The summed E-state index contributed by atoms with van der Waals surface area (Å²) in [6, 6.07) is 3.47. The first-order chi connectivity index (χ1) is 7.68. The Labute approximate surface area is 98.1 Å². The van der Waals surface area contributed by atoms with E-state index >= 15 is 0 Å². The van der Waals surface area contributed by atoms with Gasteiger partial charge in [0.1, 0.15) is 5.82 Å². The normalized spacial score (nSPS) is 10.1. The van der Waals surface area contributed by atoms with Crippen LogP contribution in [0, 0.1) is 0 Å². The van der Waals surface area contributed by atoms with E-state index < -0.39 is 5.91 Å². The van der Waals surface area contributed by atoms with E-state index in [0.29, 0.717) is 10.3 Å². The number of hydrogen-bond acceptors (Lipinski definition) is 6. The molecule has 0 aliphatic heterocycles. The highest BCUT2D eigenvalue weighted by atomic mass is 79.9. The van der Waals surface area contributed by atoms with Crippen LogP contribution in [0.5, 0.6) is 0 Å². The van der Waals surface area contributed by atoms with E-state index in [0.717, 1.165) is 0 Å². The van der Waals surface area contributed by atoms with E-state index in [2.05, 4.69) is 41.2 Å². The number of rotatable bonds is 2. The lowest BCUT2D eigenvalue weighted by Crippen LogP contribution is -2.15. The minimum atomic E-state index is -0.529. The second-order valence-electron chi connectivity index (χ2n) is 2.79. The lowest BCUT2D eigenvalue weighted by atomic mass is 10.4. The van der Waals surface area contributed by atoms with E-state index in [9.17, 15) is 4.79 Å². The number of anilines is 2. The van der Waals surface area contributed by atoms with Crippen molar-refractivity contribution in [1.29, 1.82) is 0 Å². The molecule has 8 heteroatoms. The van der Waals surface area contributed by atoms with E-state index in [1.807, 2.05) is 0 Å². The van der Waals surface area contributed by atoms with Crippen molar-refractivity contribution in [3.05, 3.63) is 28.5 Å². The molecule has 0 spiro atoms. The van der Waals surface area contributed by atoms with Gasteiger partial charge in [0.15, 0.2) is 0 Å². The van der Waals surface area contributed by atoms with E-state index in [-0.39, 0.29) is 11.5 Å². The van der Waals surface area contributed by atoms with Crippen molar-refractivity contribution in [2.24, 2.45) is 0 Å². The van der Waals surface area contributed by atoms with Crippen LogP contribution < -0.4 is 11.1 Å². The molecular weight excluding hydrogens is 278 g/mol. The molecule has 7 nitrogen and oxygen atoms in total. The summed E-state index contributed by atoms with van der Waals surface area (Å²) in [5.74, 6) is -0.224. The number of nitrogens with one attached hydrogen (secondary N) is 1. The topological polar surface area (TPSA) is 107 Å². The van der Waals surface area contributed by atoms with Gasteiger partial charge in [-0.2, -0.15) is 0 Å². The number of nitrogens with zero attached hydrogens (tertiary/aromatic N) is 3. The Morgan fingerprint density at radius 1 is 1.50 bits per heavy atom. The van der Waals surface area contributed by atoms with Crippen molar-refractivity contribution in [2.45, 2.75) is 0 Å². The van der Waals surface area contributed by atoms with Crippen LogP contribution in [-0.4, -0.2) is 21.2 Å². The van der Waals surface area contributed by atoms with Gasteiger partial charge in [0, 0.05) is 6.20 Å². The van der Waals surface area contributed by atoms with Crippen LogP contribution in [0.15, 0.2) is 27.4 Å². The quantitative estimate of drug-likeness (QED) is 0.853. The van der Waals surface area contributed by atoms with Gasteiger partial charge in [-0.05, 0) is 38.4 Å². The van der Waals surface area contributed by atoms with Gasteiger partial charge >= 0.3 is 0 Å². The first kappa shape index (κ1) is 10.6. The first-order valence-corrected chi connectivity index (χ1v) is 4.97. The Hall–Kier alpha value is -1.96. The summed E-state index contributed by atoms with van der Waals surface area (Å²) in [5, 5.41) is 9.19. The Morgan fingerprint density at radius 3 is 2.94 bits per heavy atom. The number of pyridine rings is 1. The Kier molecular flexibility index (Phi) is 2.82. The predicted molar refractivity (Wildman–Crippen MR) is 58.6 cm³/mol. The fourth-order valence-electron chi connectivity index (χ4n) is 0.997. The number of nitrogens with two attached hydrogens (primary N) is 1. The summed E-state index contributed by atoms with van der Waals surface area (Å²) < 4.78 is 4.97. The predicted octanol–water partition coefficient (Wildman–Crippen LogP) is 1.06. The molecule has 0 unspecified atom stereocenters. The van der Waals surface area contributed by atoms with E-state index in [4.69, 9.17) is 5.73 Å². The number of amides is 1. The van der Waals surface area contributed by atoms with Crippen molar-refractivity contribution in [3.63, 3.8) is 0 Å². The first-order valence-electron chi connectivity index (χ1n) is 4.18. The lowest BCUT2D eigenvalue weighted by molar-refractivity contribution is 0.101. The molecule has 2 aromatic heterocycles. The average molecular weight is 284 g/mol. The molecule has 0 saturated carbocycles. The molecule has 0 aliphatic rings. The molecule has 3 N–H and O–H groups in total. The summed E-state index contributed by atoms with van der Waals surface area (Å²) in [6.45, 7) is 0. The molecule has 2 rings (SSSR count). The van der Waals surface area contributed by atoms with Crippen LogP contribution in [0.2, 0.25) is 0 Å². The maximum atomic E-state index is 11.6. The monoisotopic (exact) mass is 283 g/mol. The number of nitrogen functional groups attached to an aromatic ring is 1. The number of hydrogen-bond donors (Lipinski definition) is 2. The van der Waals surface area contributed by atoms with Crippen LogP contribution in [0.1, 0.15) is 10.5 Å². The summed E-state index contributed by atoms with van der Waals surface area (Å²) in [5.41, 5.74) is 5.30. The van der Waals surface area contributed by atoms with Crippen molar-refractivity contribution >= 4 is 33.5 Å². The zero-order valence-electron chi connectivity index (χ0n) is 7.85. The molecule has 0 atom stereocenters. The maximum absolute atomic E-state index is 11.6. The van der Waals surface area contributed by atoms with Gasteiger partial charge in [-0.15, -0.1) is 0 Å². The minimum Gasteiger partial charge on any atom is -0.379 e. The number of carbonyl (C=O) groups is 1. The average Bonchev–Trinajstić information content (AvgIpc) is 2.68. The van der Waals surface area contributed by atoms with Crippen molar-refractivity contribution in [3.8, 4) is 0 Å². The number of halogens is 1. The van der Waals surface area contributed by atoms with Gasteiger partial charge in [0.2, 0.25) is 11.5 Å². The third-order valence-electron chi connectivity index (χ3n) is 1.72. The fraction of sp³-hybridized carbons (Fsp3) is 0. The van der Waals surface area contributed by atoms with Gasteiger partial charge in [0.05, 0.1) is 4.47 Å². The fourth-order valence-corrected chi connectivity index (χ4v) is 1.35. The smallest absolute Gasteiger partial charge is 0.283 e. The molecule has 2 aromatic rings. The molecule has 0 bridgehead atoms. The number of carbonyl (C=O) groups excluding carboxylic acids is 1. The van der Waals surface area contributed by atoms with Crippen molar-refractivity contribution in [2.75, 3.05) is 11.1 Å². The Bertz CT molecular complexity index is 527. The molecule has 0 aliphatic carbocycles. The van der Waals surface area contributed by atoms with Crippen molar-refractivity contribution in [1.82, 2.24) is 15.3 Å². The Balaban J connectivity index is 2.21. The van der Waals surface area contributed by atoms with E-state index in [1.165, 1.54) is 0 Å². The zero-order chi connectivity index (χ0) is 11.5. The van der Waals surface area contributed by atoms with Crippen LogP contribution >= 0.6 is 15.9 Å². The summed E-state index contributed by atoms with van der Waals surface area (Å²) in [7, 11) is 0. The van der Waals surface area contributed by atoms with Gasteiger partial charge in [-0.1, -0.05) is 0 Å². The standard InChI is InChI=1S/C8H6BrN5O2/c9-4-2-1-3-11-7(4)12-8(15)5-6(10)14-16-13-5/h1-3H,(H2,10,14)(H,11,12,15). The largest absolute Gasteiger partial charge is 0.379 e. The summed E-state index contributed by atoms with van der Waals surface area (Å²) in [6.07, 6.45) is 1.55. The highest BCUT2D eigenvalue weighted by Crippen LogP contribution is 2.19. The highest BCUT2D eigenvalue weighted by molar-refractivity contribution is 9.10. The molecule has 2 heterocycles.